The Morgan fingerprint density at radius 3 is 2.11 bits per heavy atom. The molecule has 15 heteroatoms. The first kappa shape index (κ1) is 32.4. The van der Waals surface area contributed by atoms with E-state index >= 15 is 0 Å². The molecule has 4 rings (SSSR count). The normalized spacial score (nSPS) is 14.0. The predicted molar refractivity (Wildman–Crippen MR) is 166 cm³/mol. The number of rotatable bonds is 9. The van der Waals surface area contributed by atoms with E-state index in [1.54, 1.807) is 92.5 Å². The molecule has 1 aliphatic rings. The number of halogens is 1. The molecule has 0 spiro atoms. The first-order valence-corrected chi connectivity index (χ1v) is 14.5. The van der Waals surface area contributed by atoms with Crippen molar-refractivity contribution in [2.24, 2.45) is 5.10 Å². The highest BCUT2D eigenvalue weighted by molar-refractivity contribution is 7.95. The van der Waals surface area contributed by atoms with Gasteiger partial charge in [-0.05, 0) is 56.7 Å². The number of nitrogens with zero attached hydrogens (tertiary/aromatic N) is 7. The standard InChI is InChI=1S/C29H32ClN7O6S/c1-29(2,3)35(26(38)21-10-6-8-12-23(21)42-4)36(27(39)22-11-7-9-13-24(22)43-5)44-34-17-16-33(28(34)32-37(40)41)19-20-14-15-25(30)31-18-20/h6-15,18H,16-17,19H2,1-5H3/b32-28-. The molecule has 0 aliphatic carbocycles. The number of amides is 2. The number of carbonyl (C=O) groups excluding carboxylic acids is 2. The van der Waals surface area contributed by atoms with Crippen LogP contribution in [0.1, 0.15) is 47.1 Å². The number of benzene rings is 2. The van der Waals surface area contributed by atoms with Gasteiger partial charge in [0.05, 0.1) is 49.6 Å². The molecular weight excluding hydrogens is 610 g/mol. The maximum absolute atomic E-state index is 14.4. The molecule has 2 amide bonds. The molecule has 0 bridgehead atoms. The minimum Gasteiger partial charge on any atom is -0.496 e. The van der Waals surface area contributed by atoms with Crippen molar-refractivity contribution < 1.29 is 24.1 Å². The molecule has 13 nitrogen and oxygen atoms in total. The zero-order valence-electron chi connectivity index (χ0n) is 24.8. The van der Waals surface area contributed by atoms with Crippen LogP contribution in [0.2, 0.25) is 5.15 Å². The number of para-hydroxylation sites is 2. The second-order valence-corrected chi connectivity index (χ2v) is 11.8. The number of hydrogen-bond acceptors (Lipinski definition) is 8. The summed E-state index contributed by atoms with van der Waals surface area (Å²) in [7, 11) is 2.90. The van der Waals surface area contributed by atoms with Gasteiger partial charge in [-0.1, -0.05) is 41.9 Å². The van der Waals surface area contributed by atoms with Crippen LogP contribution in [-0.2, 0) is 6.54 Å². The van der Waals surface area contributed by atoms with Crippen LogP contribution >= 0.6 is 23.7 Å². The second-order valence-electron chi connectivity index (χ2n) is 10.5. The Labute approximate surface area is 264 Å². The highest BCUT2D eigenvalue weighted by Crippen LogP contribution is 2.35. The largest absolute Gasteiger partial charge is 0.496 e. The Morgan fingerprint density at radius 2 is 1.59 bits per heavy atom. The van der Waals surface area contributed by atoms with Crippen molar-refractivity contribution in [1.29, 1.82) is 0 Å². The summed E-state index contributed by atoms with van der Waals surface area (Å²) in [4.78, 5) is 46.1. The number of ether oxygens (including phenoxy) is 2. The molecule has 0 N–H and O–H groups in total. The third kappa shape index (κ3) is 7.32. The van der Waals surface area contributed by atoms with Crippen molar-refractivity contribution in [3.8, 4) is 11.5 Å². The molecule has 0 saturated carbocycles. The third-order valence-corrected chi connectivity index (χ3v) is 7.70. The van der Waals surface area contributed by atoms with E-state index in [1.807, 2.05) is 0 Å². The molecule has 1 saturated heterocycles. The number of methoxy groups -OCH3 is 2. The van der Waals surface area contributed by atoms with Gasteiger partial charge in [-0.25, -0.2) is 20.1 Å². The molecule has 1 fully saturated rings. The Hall–Kier alpha value is -4.56. The summed E-state index contributed by atoms with van der Waals surface area (Å²) in [6.45, 7) is 6.17. The fourth-order valence-electron chi connectivity index (χ4n) is 4.48. The van der Waals surface area contributed by atoms with Gasteiger partial charge >= 0.3 is 0 Å². The van der Waals surface area contributed by atoms with E-state index in [9.17, 15) is 19.7 Å². The van der Waals surface area contributed by atoms with E-state index in [0.717, 1.165) is 17.7 Å². The van der Waals surface area contributed by atoms with E-state index in [4.69, 9.17) is 21.1 Å². The van der Waals surface area contributed by atoms with Crippen LogP contribution in [0.5, 0.6) is 11.5 Å². The lowest BCUT2D eigenvalue weighted by atomic mass is 10.1. The minimum atomic E-state index is -0.961. The van der Waals surface area contributed by atoms with Crippen LogP contribution in [0, 0.1) is 10.1 Å². The topological polar surface area (TPSA) is 134 Å². The Morgan fingerprint density at radius 1 is 1.00 bits per heavy atom. The van der Waals surface area contributed by atoms with E-state index in [-0.39, 0.29) is 30.2 Å². The second kappa shape index (κ2) is 13.8. The zero-order chi connectivity index (χ0) is 32.0. The molecular formula is C29H32ClN7O6S. The average molecular weight is 642 g/mol. The maximum atomic E-state index is 14.4. The zero-order valence-corrected chi connectivity index (χ0v) is 26.4. The number of aromatic nitrogens is 1. The van der Waals surface area contributed by atoms with Crippen LogP contribution in [-0.4, -0.2) is 79.3 Å². The fourth-order valence-corrected chi connectivity index (χ4v) is 5.73. The van der Waals surface area contributed by atoms with E-state index in [1.165, 1.54) is 27.9 Å². The van der Waals surface area contributed by atoms with Gasteiger partial charge in [0, 0.05) is 19.3 Å². The quantitative estimate of drug-likeness (QED) is 0.136. The van der Waals surface area contributed by atoms with E-state index < -0.39 is 22.4 Å². The predicted octanol–water partition coefficient (Wildman–Crippen LogP) is 4.98. The van der Waals surface area contributed by atoms with Gasteiger partial charge in [0.1, 0.15) is 21.8 Å². The summed E-state index contributed by atoms with van der Waals surface area (Å²) in [5.74, 6) is -0.514. The van der Waals surface area contributed by atoms with Gasteiger partial charge in [0.25, 0.3) is 17.8 Å². The smallest absolute Gasteiger partial charge is 0.288 e. The molecule has 1 aliphatic heterocycles. The molecule has 2 aromatic carbocycles. The highest BCUT2D eigenvalue weighted by Gasteiger charge is 2.42. The molecule has 2 heterocycles. The molecule has 3 aromatic rings. The first-order chi connectivity index (χ1) is 20.9. The van der Waals surface area contributed by atoms with Gasteiger partial charge in [0.15, 0.2) is 5.03 Å². The Kier molecular flexibility index (Phi) is 10.2. The van der Waals surface area contributed by atoms with Crippen molar-refractivity contribution in [3.05, 3.63) is 98.8 Å². The first-order valence-electron chi connectivity index (χ1n) is 13.4. The van der Waals surface area contributed by atoms with Gasteiger partial charge in [-0.2, -0.15) is 4.41 Å². The molecule has 232 valence electrons. The summed E-state index contributed by atoms with van der Waals surface area (Å²) >= 11 is 6.75. The maximum Gasteiger partial charge on any atom is 0.288 e. The van der Waals surface area contributed by atoms with Crippen LogP contribution in [0.15, 0.2) is 72.0 Å². The summed E-state index contributed by atoms with van der Waals surface area (Å²) in [6, 6.07) is 16.7. The Balaban J connectivity index is 1.80. The summed E-state index contributed by atoms with van der Waals surface area (Å²) in [6.07, 6.45) is 1.58. The molecule has 0 radical (unpaired) electrons. The monoisotopic (exact) mass is 641 g/mol. The lowest BCUT2D eigenvalue weighted by Crippen LogP contribution is -2.56. The Bertz CT molecular complexity index is 1550. The minimum absolute atomic E-state index is 0.00798. The fraction of sp³-hybridized carbons (Fsp3) is 0.310. The number of hydrazine groups is 1. The number of nitro groups is 1. The molecule has 1 aromatic heterocycles. The van der Waals surface area contributed by atoms with Crippen molar-refractivity contribution in [3.63, 3.8) is 0 Å². The summed E-state index contributed by atoms with van der Waals surface area (Å²) in [5.41, 5.74) is 0.195. The van der Waals surface area contributed by atoms with E-state index in [2.05, 4.69) is 10.1 Å². The number of guanidine groups is 1. The lowest BCUT2D eigenvalue weighted by Gasteiger charge is -2.43. The number of pyridine rings is 1. The van der Waals surface area contributed by atoms with Crippen LogP contribution in [0.4, 0.5) is 0 Å². The van der Waals surface area contributed by atoms with Crippen molar-refractivity contribution in [1.82, 2.24) is 23.6 Å². The van der Waals surface area contributed by atoms with Gasteiger partial charge in [-0.3, -0.25) is 13.9 Å². The number of carbonyl (C=O) groups is 2. The number of hydrogen-bond donors (Lipinski definition) is 0. The highest BCUT2D eigenvalue weighted by atomic mass is 35.5. The van der Waals surface area contributed by atoms with Crippen molar-refractivity contribution >= 4 is 41.5 Å². The molecule has 0 unspecified atom stereocenters. The van der Waals surface area contributed by atoms with Crippen LogP contribution in [0.3, 0.4) is 0 Å². The number of hydrazone groups is 1. The van der Waals surface area contributed by atoms with Crippen LogP contribution in [0.25, 0.3) is 0 Å². The molecule has 0 atom stereocenters. The summed E-state index contributed by atoms with van der Waals surface area (Å²) in [5, 5.41) is 16.2. The van der Waals surface area contributed by atoms with Crippen molar-refractivity contribution in [2.45, 2.75) is 32.9 Å². The summed E-state index contributed by atoms with van der Waals surface area (Å²) < 4.78 is 13.6. The van der Waals surface area contributed by atoms with Gasteiger partial charge < -0.3 is 14.4 Å². The van der Waals surface area contributed by atoms with Crippen LogP contribution < -0.4 is 9.47 Å². The average Bonchev–Trinajstić information content (AvgIpc) is 3.36. The van der Waals surface area contributed by atoms with Gasteiger partial charge in [0.2, 0.25) is 0 Å². The van der Waals surface area contributed by atoms with Gasteiger partial charge in [-0.15, -0.1) is 0 Å². The molecule has 44 heavy (non-hydrogen) atoms. The third-order valence-electron chi connectivity index (χ3n) is 6.45. The van der Waals surface area contributed by atoms with Crippen molar-refractivity contribution in [2.75, 3.05) is 27.3 Å². The lowest BCUT2D eigenvalue weighted by molar-refractivity contribution is -0.486. The van der Waals surface area contributed by atoms with E-state index in [0.29, 0.717) is 23.2 Å². The SMILES string of the molecule is COc1ccccc1C(=O)N(SN1CCN(Cc2ccc(Cl)nc2)/C1=N/[N+](=O)[O-])N(C(=O)c1ccccc1OC)C(C)(C)C.